The first-order valence-corrected chi connectivity index (χ1v) is 14.5. The molecule has 1 aromatic heterocycles. The molecule has 226 valence electrons. The third-order valence-corrected chi connectivity index (χ3v) is 11.7. The molecule has 4 N–H and O–H groups in total. The number of halogens is 2. The molecule has 4 saturated carbocycles. The summed E-state index contributed by atoms with van der Waals surface area (Å²) in [6, 6.07) is 5.92. The number of ketones is 2. The van der Waals surface area contributed by atoms with Crippen molar-refractivity contribution in [3.8, 4) is 0 Å². The standard InChI is InChI=1S/C30H43N3O4.2ClH.H2O/c1-28-10-8-21(34)17-20(28)6-7-22-23-9-11-30(37,29(23,2)18-24(35)27(22)28)25(36)19-32-13-15-33(16-14-32)26-5-3-4-12-31-26;;;/h3-5,12,20-23,27,34,37H,6-11,13-19H2,1-2H3;2*1H;1H2/t20-,21-,22+,23+,27-,28+,29+,30+;;;/m1.../s1. The predicted molar refractivity (Wildman–Crippen MR) is 159 cm³/mol. The molecule has 10 heteroatoms. The lowest BCUT2D eigenvalue weighted by atomic mass is 9.44. The highest BCUT2D eigenvalue weighted by molar-refractivity contribution is 5.93. The fraction of sp³-hybridized carbons (Fsp3) is 0.767. The number of nitrogens with zero attached hydrogens (tertiary/aromatic N) is 3. The van der Waals surface area contributed by atoms with Gasteiger partial charge >= 0.3 is 0 Å². The number of hydrogen-bond acceptors (Lipinski definition) is 7. The van der Waals surface area contributed by atoms with Crippen LogP contribution in [0.1, 0.15) is 65.2 Å². The van der Waals surface area contributed by atoms with Gasteiger partial charge < -0.3 is 20.6 Å². The van der Waals surface area contributed by atoms with E-state index in [2.05, 4.69) is 21.7 Å². The number of aromatic nitrogens is 1. The summed E-state index contributed by atoms with van der Waals surface area (Å²) in [6.45, 7) is 7.70. The maximum Gasteiger partial charge on any atom is 0.178 e. The Kier molecular flexibility index (Phi) is 10.1. The maximum atomic E-state index is 13.9. The molecule has 0 unspecified atom stereocenters. The summed E-state index contributed by atoms with van der Waals surface area (Å²) in [5.41, 5.74) is -2.18. The number of carbonyl (C=O) groups excluding carboxylic acids is 2. The molecule has 8 atom stereocenters. The smallest absolute Gasteiger partial charge is 0.178 e. The minimum Gasteiger partial charge on any atom is -0.412 e. The molecule has 6 rings (SSSR count). The first-order chi connectivity index (χ1) is 17.7. The van der Waals surface area contributed by atoms with Crippen LogP contribution in [0.2, 0.25) is 0 Å². The summed E-state index contributed by atoms with van der Waals surface area (Å²) in [5.74, 6) is 1.97. The molecule has 0 spiro atoms. The average Bonchev–Trinajstić information content (AvgIpc) is 3.16. The molecule has 5 aliphatic rings. The Balaban J connectivity index is 0.00000147. The normalized spacial score (nSPS) is 40.9. The van der Waals surface area contributed by atoms with E-state index in [9.17, 15) is 19.8 Å². The van der Waals surface area contributed by atoms with E-state index in [0.717, 1.165) is 70.5 Å². The lowest BCUT2D eigenvalue weighted by Gasteiger charge is -2.60. The van der Waals surface area contributed by atoms with Crippen LogP contribution >= 0.6 is 24.8 Å². The molecule has 5 fully saturated rings. The van der Waals surface area contributed by atoms with Crippen LogP contribution in [-0.2, 0) is 9.59 Å². The topological polar surface area (TPSA) is 125 Å². The number of fused-ring (bicyclic) bond motifs is 5. The SMILES string of the molecule is C[C@]12CC[C@@H](O)C[C@H]1CC[C@@H]1[C@@H]2C(=O)C[C@@]2(C)[C@H]1CC[C@]2(O)C(=O)CN1CCN(c2ccccn2)CC1.Cl.Cl.O. The van der Waals surface area contributed by atoms with E-state index in [1.54, 1.807) is 6.20 Å². The summed E-state index contributed by atoms with van der Waals surface area (Å²) < 4.78 is 0. The maximum absolute atomic E-state index is 13.9. The Morgan fingerprint density at radius 2 is 1.77 bits per heavy atom. The Bertz CT molecular complexity index is 1060. The van der Waals surface area contributed by atoms with Crippen LogP contribution in [0.15, 0.2) is 24.4 Å². The summed E-state index contributed by atoms with van der Waals surface area (Å²) >= 11 is 0. The van der Waals surface area contributed by atoms with Crippen molar-refractivity contribution in [2.45, 2.75) is 76.9 Å². The van der Waals surface area contributed by atoms with Crippen molar-refractivity contribution in [2.24, 2.45) is 34.5 Å². The van der Waals surface area contributed by atoms with Crippen molar-refractivity contribution in [3.05, 3.63) is 24.4 Å². The first-order valence-electron chi connectivity index (χ1n) is 14.5. The van der Waals surface area contributed by atoms with Crippen molar-refractivity contribution < 1.29 is 25.3 Å². The minimum absolute atomic E-state index is 0. The van der Waals surface area contributed by atoms with Gasteiger partial charge in [-0.15, -0.1) is 24.8 Å². The van der Waals surface area contributed by atoms with Gasteiger partial charge in [0.2, 0.25) is 0 Å². The third kappa shape index (κ3) is 5.11. The fourth-order valence-electron chi connectivity index (χ4n) is 9.52. The molecule has 0 bridgehead atoms. The molecule has 2 heterocycles. The van der Waals surface area contributed by atoms with E-state index < -0.39 is 11.0 Å². The Morgan fingerprint density at radius 3 is 2.45 bits per heavy atom. The van der Waals surface area contributed by atoms with Gasteiger partial charge in [0, 0.05) is 50.1 Å². The number of hydrogen-bond donors (Lipinski definition) is 2. The van der Waals surface area contributed by atoms with Crippen LogP contribution in [0, 0.1) is 34.5 Å². The molecule has 0 radical (unpaired) electrons. The zero-order chi connectivity index (χ0) is 26.0. The number of aliphatic hydroxyl groups excluding tert-OH is 1. The molecule has 0 amide bonds. The van der Waals surface area contributed by atoms with Gasteiger partial charge in [0.15, 0.2) is 5.78 Å². The van der Waals surface area contributed by atoms with Crippen LogP contribution in [0.25, 0.3) is 0 Å². The lowest BCUT2D eigenvalue weighted by molar-refractivity contribution is -0.179. The van der Waals surface area contributed by atoms with E-state index in [1.807, 2.05) is 25.1 Å². The number of rotatable bonds is 4. The molecule has 8 nitrogen and oxygen atoms in total. The number of carbonyl (C=O) groups is 2. The van der Waals surface area contributed by atoms with Crippen LogP contribution in [0.4, 0.5) is 5.82 Å². The van der Waals surface area contributed by atoms with E-state index in [1.165, 1.54) is 0 Å². The van der Waals surface area contributed by atoms with Gasteiger partial charge in [-0.3, -0.25) is 14.5 Å². The van der Waals surface area contributed by atoms with Crippen molar-refractivity contribution in [1.82, 2.24) is 9.88 Å². The number of aliphatic hydroxyl groups is 2. The number of anilines is 1. The van der Waals surface area contributed by atoms with E-state index >= 15 is 0 Å². The zero-order valence-corrected chi connectivity index (χ0v) is 25.4. The number of pyridine rings is 1. The monoisotopic (exact) mass is 599 g/mol. The summed E-state index contributed by atoms with van der Waals surface area (Å²) in [7, 11) is 0. The van der Waals surface area contributed by atoms with Gasteiger partial charge in [-0.05, 0) is 80.2 Å². The largest absolute Gasteiger partial charge is 0.412 e. The van der Waals surface area contributed by atoms with E-state index in [4.69, 9.17) is 0 Å². The van der Waals surface area contributed by atoms with Crippen molar-refractivity contribution in [1.29, 1.82) is 0 Å². The average molecular weight is 601 g/mol. The fourth-order valence-corrected chi connectivity index (χ4v) is 9.52. The summed E-state index contributed by atoms with van der Waals surface area (Å²) in [6.07, 6.45) is 7.68. The van der Waals surface area contributed by atoms with Crippen molar-refractivity contribution in [3.63, 3.8) is 0 Å². The van der Waals surface area contributed by atoms with Crippen LogP contribution in [0.3, 0.4) is 0 Å². The summed E-state index contributed by atoms with van der Waals surface area (Å²) in [5, 5.41) is 22.3. The Labute approximate surface area is 250 Å². The first kappa shape index (κ1) is 33.2. The Hall–Kier alpha value is -1.29. The molecule has 0 aromatic carbocycles. The van der Waals surface area contributed by atoms with Gasteiger partial charge in [-0.1, -0.05) is 19.9 Å². The van der Waals surface area contributed by atoms with Crippen molar-refractivity contribution in [2.75, 3.05) is 37.6 Å². The quantitative estimate of drug-likeness (QED) is 0.544. The second kappa shape index (κ2) is 12.1. The molecular weight excluding hydrogens is 553 g/mol. The molecule has 1 aromatic rings. The number of Topliss-reactive ketones (excluding diaryl/α,β-unsaturated/α-hetero) is 2. The van der Waals surface area contributed by atoms with Gasteiger partial charge in [-0.2, -0.15) is 0 Å². The molecule has 1 aliphatic heterocycles. The lowest BCUT2D eigenvalue weighted by Crippen LogP contribution is -2.63. The number of piperazine rings is 1. The zero-order valence-electron chi connectivity index (χ0n) is 23.8. The minimum atomic E-state index is -1.43. The van der Waals surface area contributed by atoms with E-state index in [-0.39, 0.29) is 77.7 Å². The van der Waals surface area contributed by atoms with Crippen LogP contribution in [-0.4, -0.2) is 81.6 Å². The second-order valence-electron chi connectivity index (χ2n) is 13.3. The highest BCUT2D eigenvalue weighted by Gasteiger charge is 2.69. The molecule has 1 saturated heterocycles. The van der Waals surface area contributed by atoms with Gasteiger partial charge in [0.25, 0.3) is 0 Å². The molecular formula is C30H47Cl2N3O5. The van der Waals surface area contributed by atoms with Gasteiger partial charge in [0.05, 0.1) is 12.6 Å². The van der Waals surface area contributed by atoms with Crippen LogP contribution < -0.4 is 4.90 Å². The summed E-state index contributed by atoms with van der Waals surface area (Å²) in [4.78, 5) is 36.5. The predicted octanol–water partition coefficient (Wildman–Crippen LogP) is 3.11. The van der Waals surface area contributed by atoms with E-state index in [0.29, 0.717) is 18.8 Å². The highest BCUT2D eigenvalue weighted by Crippen LogP contribution is 2.67. The van der Waals surface area contributed by atoms with Crippen LogP contribution in [0.5, 0.6) is 0 Å². The van der Waals surface area contributed by atoms with Gasteiger partial charge in [0.1, 0.15) is 17.2 Å². The van der Waals surface area contributed by atoms with Crippen molar-refractivity contribution >= 4 is 42.2 Å². The Morgan fingerprint density at radius 1 is 1.05 bits per heavy atom. The van der Waals surface area contributed by atoms with Gasteiger partial charge in [-0.25, -0.2) is 4.98 Å². The molecule has 4 aliphatic carbocycles. The molecule has 40 heavy (non-hydrogen) atoms. The second-order valence-corrected chi connectivity index (χ2v) is 13.3. The third-order valence-electron chi connectivity index (χ3n) is 11.7. The highest BCUT2D eigenvalue weighted by atomic mass is 35.5.